The first-order valence-corrected chi connectivity index (χ1v) is 11.1. The van der Waals surface area contributed by atoms with Crippen LogP contribution in [0.5, 0.6) is 0 Å². The number of carbonyl (C=O) groups is 1. The first-order chi connectivity index (χ1) is 13.8. The molecule has 0 radical (unpaired) electrons. The lowest BCUT2D eigenvalue weighted by atomic mass is 9.83. The monoisotopic (exact) mass is 382 g/mol. The highest BCUT2D eigenvalue weighted by Gasteiger charge is 2.30. The Hall–Kier alpha value is -1.65. The van der Waals surface area contributed by atoms with Crippen molar-refractivity contribution in [3.05, 3.63) is 47.5 Å². The van der Waals surface area contributed by atoms with Gasteiger partial charge in [-0.25, -0.2) is 0 Å². The second kappa shape index (κ2) is 9.71. The summed E-state index contributed by atoms with van der Waals surface area (Å²) in [6.45, 7) is 6.38. The summed E-state index contributed by atoms with van der Waals surface area (Å²) in [6.07, 6.45) is 11.0. The largest absolute Gasteiger partial charge is 0.379 e. The van der Waals surface area contributed by atoms with Gasteiger partial charge in [0, 0.05) is 38.6 Å². The van der Waals surface area contributed by atoms with Crippen molar-refractivity contribution < 1.29 is 9.53 Å². The van der Waals surface area contributed by atoms with Crippen LogP contribution < -0.4 is 0 Å². The Bertz CT molecular complexity index is 681. The standard InChI is InChI=1S/C24H34N2O2/c27-24(23-11-10-21-8-4-5-9-22(21)18-23)26(19-20-6-2-1-3-7-20)13-12-25-14-16-28-17-15-25/h1-2,4-5,8-9,20,23H,3,6-7,10-19H2/t20-,23-/m1/s1. The number of benzene rings is 1. The van der Waals surface area contributed by atoms with Crippen LogP contribution in [0.15, 0.2) is 36.4 Å². The molecule has 0 aromatic heterocycles. The van der Waals surface area contributed by atoms with Crippen molar-refractivity contribution in [3.8, 4) is 0 Å². The Morgan fingerprint density at radius 2 is 1.93 bits per heavy atom. The second-order valence-corrected chi connectivity index (χ2v) is 8.60. The predicted octanol–water partition coefficient (Wildman–Crippen LogP) is 3.31. The summed E-state index contributed by atoms with van der Waals surface area (Å²) in [7, 11) is 0. The Labute approximate surface area is 169 Å². The van der Waals surface area contributed by atoms with Crippen molar-refractivity contribution in [2.45, 2.75) is 38.5 Å². The van der Waals surface area contributed by atoms with Crippen molar-refractivity contribution >= 4 is 5.91 Å². The highest BCUT2D eigenvalue weighted by molar-refractivity contribution is 5.79. The van der Waals surface area contributed by atoms with Crippen molar-refractivity contribution in [1.82, 2.24) is 9.80 Å². The fraction of sp³-hybridized carbons (Fsp3) is 0.625. The van der Waals surface area contributed by atoms with Gasteiger partial charge in [-0.15, -0.1) is 0 Å². The van der Waals surface area contributed by atoms with Gasteiger partial charge in [0.05, 0.1) is 13.2 Å². The summed E-state index contributed by atoms with van der Waals surface area (Å²) in [4.78, 5) is 18.2. The first-order valence-electron chi connectivity index (χ1n) is 11.1. The van der Waals surface area contributed by atoms with E-state index in [0.717, 1.165) is 78.0 Å². The fourth-order valence-corrected chi connectivity index (χ4v) is 4.88. The lowest BCUT2D eigenvalue weighted by Gasteiger charge is -2.35. The van der Waals surface area contributed by atoms with Crippen LogP contribution in [0.1, 0.15) is 36.8 Å². The smallest absolute Gasteiger partial charge is 0.226 e. The maximum absolute atomic E-state index is 13.5. The quantitative estimate of drug-likeness (QED) is 0.708. The maximum Gasteiger partial charge on any atom is 0.226 e. The Balaban J connectivity index is 1.40. The van der Waals surface area contributed by atoms with Crippen molar-refractivity contribution in [2.24, 2.45) is 11.8 Å². The van der Waals surface area contributed by atoms with Gasteiger partial charge in [-0.05, 0) is 55.6 Å². The van der Waals surface area contributed by atoms with E-state index in [4.69, 9.17) is 4.74 Å². The molecule has 4 heteroatoms. The highest BCUT2D eigenvalue weighted by Crippen LogP contribution is 2.28. The summed E-state index contributed by atoms with van der Waals surface area (Å²) < 4.78 is 5.47. The zero-order chi connectivity index (χ0) is 19.2. The molecule has 0 N–H and O–H groups in total. The zero-order valence-corrected chi connectivity index (χ0v) is 17.0. The molecule has 2 aliphatic carbocycles. The minimum absolute atomic E-state index is 0.152. The van der Waals surface area contributed by atoms with E-state index in [1.807, 2.05) is 0 Å². The molecule has 1 aromatic rings. The Morgan fingerprint density at radius 1 is 1.11 bits per heavy atom. The molecule has 1 amide bonds. The van der Waals surface area contributed by atoms with Gasteiger partial charge in [0.1, 0.15) is 0 Å². The predicted molar refractivity (Wildman–Crippen MR) is 112 cm³/mol. The first kappa shape index (κ1) is 19.7. The number of carbonyl (C=O) groups excluding carboxylic acids is 1. The lowest BCUT2D eigenvalue weighted by molar-refractivity contribution is -0.137. The van der Waals surface area contributed by atoms with Crippen LogP contribution in [0.4, 0.5) is 0 Å². The van der Waals surface area contributed by atoms with Gasteiger partial charge >= 0.3 is 0 Å². The molecular formula is C24H34N2O2. The molecule has 1 fully saturated rings. The minimum Gasteiger partial charge on any atom is -0.379 e. The van der Waals surface area contributed by atoms with E-state index in [2.05, 4.69) is 46.2 Å². The van der Waals surface area contributed by atoms with Gasteiger partial charge in [0.15, 0.2) is 0 Å². The van der Waals surface area contributed by atoms with Gasteiger partial charge in [-0.2, -0.15) is 0 Å². The van der Waals surface area contributed by atoms with Crippen LogP contribution in [0, 0.1) is 11.8 Å². The molecule has 1 aliphatic heterocycles. The average Bonchev–Trinajstić information content (AvgIpc) is 2.77. The molecule has 1 saturated heterocycles. The average molecular weight is 383 g/mol. The van der Waals surface area contributed by atoms with Gasteiger partial charge < -0.3 is 9.64 Å². The zero-order valence-electron chi connectivity index (χ0n) is 17.0. The Morgan fingerprint density at radius 3 is 2.71 bits per heavy atom. The minimum atomic E-state index is 0.152. The van der Waals surface area contributed by atoms with E-state index in [0.29, 0.717) is 11.8 Å². The number of fused-ring (bicyclic) bond motifs is 1. The maximum atomic E-state index is 13.5. The van der Waals surface area contributed by atoms with Crippen LogP contribution in [0.25, 0.3) is 0 Å². The molecule has 2 atom stereocenters. The van der Waals surface area contributed by atoms with Gasteiger partial charge in [0.25, 0.3) is 0 Å². The van der Waals surface area contributed by atoms with E-state index in [-0.39, 0.29) is 5.92 Å². The number of allylic oxidation sites excluding steroid dienone is 2. The Kier molecular flexibility index (Phi) is 6.81. The van der Waals surface area contributed by atoms with E-state index < -0.39 is 0 Å². The van der Waals surface area contributed by atoms with Gasteiger partial charge in [0.2, 0.25) is 5.91 Å². The molecule has 0 bridgehead atoms. The number of hydrogen-bond acceptors (Lipinski definition) is 3. The second-order valence-electron chi connectivity index (χ2n) is 8.60. The van der Waals surface area contributed by atoms with Gasteiger partial charge in [-0.1, -0.05) is 36.4 Å². The number of hydrogen-bond donors (Lipinski definition) is 0. The van der Waals surface area contributed by atoms with Crippen LogP contribution in [0.2, 0.25) is 0 Å². The fourth-order valence-electron chi connectivity index (χ4n) is 4.88. The van der Waals surface area contributed by atoms with Crippen molar-refractivity contribution in [1.29, 1.82) is 0 Å². The molecule has 28 heavy (non-hydrogen) atoms. The third kappa shape index (κ3) is 5.03. The number of amides is 1. The summed E-state index contributed by atoms with van der Waals surface area (Å²) >= 11 is 0. The number of aryl methyl sites for hydroxylation is 1. The molecule has 0 unspecified atom stereocenters. The SMILES string of the molecule is O=C([C@@H]1CCc2ccccc2C1)N(CCN1CCOCC1)C[C@@H]1CC=CCC1. The third-order valence-electron chi connectivity index (χ3n) is 6.65. The van der Waals surface area contributed by atoms with E-state index in [9.17, 15) is 4.79 Å². The third-order valence-corrected chi connectivity index (χ3v) is 6.65. The molecule has 152 valence electrons. The number of nitrogens with zero attached hydrogens (tertiary/aromatic N) is 2. The molecule has 3 aliphatic rings. The molecule has 4 nitrogen and oxygen atoms in total. The number of morpholine rings is 1. The summed E-state index contributed by atoms with van der Waals surface area (Å²) in [5, 5.41) is 0. The normalized spacial score (nSPS) is 25.3. The summed E-state index contributed by atoms with van der Waals surface area (Å²) in [5.74, 6) is 1.16. The van der Waals surface area contributed by atoms with Crippen LogP contribution in [-0.2, 0) is 22.4 Å². The van der Waals surface area contributed by atoms with E-state index in [1.165, 1.54) is 17.5 Å². The topological polar surface area (TPSA) is 32.8 Å². The van der Waals surface area contributed by atoms with Gasteiger partial charge in [-0.3, -0.25) is 9.69 Å². The molecular weight excluding hydrogens is 348 g/mol. The van der Waals surface area contributed by atoms with E-state index in [1.54, 1.807) is 0 Å². The molecule has 1 heterocycles. The van der Waals surface area contributed by atoms with Crippen LogP contribution in [0.3, 0.4) is 0 Å². The van der Waals surface area contributed by atoms with Crippen LogP contribution in [-0.4, -0.2) is 61.6 Å². The van der Waals surface area contributed by atoms with E-state index >= 15 is 0 Å². The molecule has 0 saturated carbocycles. The van der Waals surface area contributed by atoms with Crippen molar-refractivity contribution in [2.75, 3.05) is 45.9 Å². The molecule has 0 spiro atoms. The molecule has 1 aromatic carbocycles. The van der Waals surface area contributed by atoms with Crippen molar-refractivity contribution in [3.63, 3.8) is 0 Å². The van der Waals surface area contributed by atoms with Crippen LogP contribution >= 0.6 is 0 Å². The number of ether oxygens (including phenoxy) is 1. The highest BCUT2D eigenvalue weighted by atomic mass is 16.5. The number of rotatable bonds is 6. The summed E-state index contributed by atoms with van der Waals surface area (Å²) in [5.41, 5.74) is 2.81. The molecule has 4 rings (SSSR count). The summed E-state index contributed by atoms with van der Waals surface area (Å²) in [6, 6.07) is 8.65. The lowest BCUT2D eigenvalue weighted by Crippen LogP contribution is -2.46.